The second-order valence-electron chi connectivity index (χ2n) is 7.92. The number of aromatic nitrogens is 3. The van der Waals surface area contributed by atoms with E-state index in [0.29, 0.717) is 35.6 Å². The van der Waals surface area contributed by atoms with Crippen molar-refractivity contribution in [3.63, 3.8) is 0 Å². The van der Waals surface area contributed by atoms with Gasteiger partial charge in [0, 0.05) is 12.1 Å². The van der Waals surface area contributed by atoms with Crippen molar-refractivity contribution in [3.05, 3.63) is 75.8 Å². The number of carbonyl (C=O) groups excluding carboxylic acids is 1. The quantitative estimate of drug-likeness (QED) is 0.462. The summed E-state index contributed by atoms with van der Waals surface area (Å²) in [5.74, 6) is 0.907. The molecule has 1 amide bonds. The van der Waals surface area contributed by atoms with Gasteiger partial charge in [-0.15, -0.1) is 0 Å². The van der Waals surface area contributed by atoms with E-state index in [2.05, 4.69) is 15.6 Å². The zero-order valence-corrected chi connectivity index (χ0v) is 19.1. The van der Waals surface area contributed by atoms with Gasteiger partial charge in [-0.3, -0.25) is 9.59 Å². The third-order valence-electron chi connectivity index (χ3n) is 5.65. The Labute approximate surface area is 191 Å². The van der Waals surface area contributed by atoms with Gasteiger partial charge >= 0.3 is 0 Å². The second-order valence-corrected chi connectivity index (χ2v) is 7.92. The summed E-state index contributed by atoms with van der Waals surface area (Å²) in [5, 5.41) is 12.1. The summed E-state index contributed by atoms with van der Waals surface area (Å²) in [5.41, 5.74) is 3.10. The fourth-order valence-corrected chi connectivity index (χ4v) is 3.75. The molecule has 1 atom stereocenters. The normalized spacial score (nSPS) is 12.0. The molecule has 8 nitrogen and oxygen atoms in total. The van der Waals surface area contributed by atoms with Crippen LogP contribution in [0.15, 0.2) is 57.8 Å². The summed E-state index contributed by atoms with van der Waals surface area (Å²) in [4.78, 5) is 26.3. The van der Waals surface area contributed by atoms with E-state index in [1.54, 1.807) is 14.0 Å². The fraction of sp³-hybridized carbons (Fsp3) is 0.280. The smallest absolute Gasteiger partial charge is 0.297 e. The van der Waals surface area contributed by atoms with Gasteiger partial charge in [0.25, 0.3) is 5.56 Å². The molecule has 0 aliphatic heterocycles. The molecule has 0 unspecified atom stereocenters. The summed E-state index contributed by atoms with van der Waals surface area (Å²) >= 11 is 0. The van der Waals surface area contributed by atoms with Gasteiger partial charge < -0.3 is 14.6 Å². The molecular weight excluding hydrogens is 420 g/mol. The minimum absolute atomic E-state index is 0.151. The van der Waals surface area contributed by atoms with Gasteiger partial charge in [-0.2, -0.15) is 5.10 Å². The van der Waals surface area contributed by atoms with Crippen LogP contribution in [0.4, 0.5) is 0 Å². The number of methoxy groups -OCH3 is 1. The van der Waals surface area contributed by atoms with E-state index in [1.165, 1.54) is 4.68 Å². The van der Waals surface area contributed by atoms with E-state index >= 15 is 0 Å². The molecule has 2 aromatic carbocycles. The van der Waals surface area contributed by atoms with E-state index in [4.69, 9.17) is 9.26 Å². The number of nitrogens with one attached hydrogen (secondary N) is 1. The Kier molecular flexibility index (Phi) is 6.26. The minimum atomic E-state index is -0.790. The highest BCUT2D eigenvalue weighted by molar-refractivity contribution is 5.93. The van der Waals surface area contributed by atoms with Crippen LogP contribution in [-0.2, 0) is 11.3 Å². The molecule has 0 saturated carbocycles. The highest BCUT2D eigenvalue weighted by atomic mass is 16.5. The highest BCUT2D eigenvalue weighted by Crippen LogP contribution is 2.29. The van der Waals surface area contributed by atoms with E-state index in [0.717, 1.165) is 16.7 Å². The van der Waals surface area contributed by atoms with Gasteiger partial charge in [0.05, 0.1) is 12.5 Å². The van der Waals surface area contributed by atoms with Crippen LogP contribution in [0.1, 0.15) is 36.3 Å². The predicted octanol–water partition coefficient (Wildman–Crippen LogP) is 3.94. The zero-order chi connectivity index (χ0) is 23.5. The summed E-state index contributed by atoms with van der Waals surface area (Å²) in [6.45, 7) is 5.95. The molecule has 170 valence electrons. The van der Waals surface area contributed by atoms with Crippen LogP contribution in [0.25, 0.3) is 22.2 Å². The number of aryl methyl sites for hydroxylation is 2. The van der Waals surface area contributed by atoms with Crippen LogP contribution in [0.5, 0.6) is 5.75 Å². The molecule has 8 heteroatoms. The molecule has 0 aliphatic rings. The van der Waals surface area contributed by atoms with Gasteiger partial charge in [-0.1, -0.05) is 41.9 Å². The number of hydrogen-bond acceptors (Lipinski definition) is 6. The first-order valence-corrected chi connectivity index (χ1v) is 10.8. The van der Waals surface area contributed by atoms with Crippen LogP contribution in [0.3, 0.4) is 0 Å². The molecule has 0 radical (unpaired) electrons. The third kappa shape index (κ3) is 4.37. The van der Waals surface area contributed by atoms with Gasteiger partial charge in [-0.25, -0.2) is 4.68 Å². The Morgan fingerprint density at radius 1 is 1.12 bits per heavy atom. The summed E-state index contributed by atoms with van der Waals surface area (Å²) in [7, 11) is 1.59. The SMILES string of the molecule is CC[C@H](C(=O)NCc1ccc(C)cc1)n1nc(-c2ccc(OC)cc2)c2c(C)onc2c1=O. The maximum Gasteiger partial charge on any atom is 0.297 e. The Bertz CT molecular complexity index is 1340. The lowest BCUT2D eigenvalue weighted by atomic mass is 10.1. The molecule has 4 rings (SSSR count). The number of rotatable bonds is 7. The van der Waals surface area contributed by atoms with Gasteiger partial charge in [0.2, 0.25) is 5.91 Å². The molecule has 2 heterocycles. The van der Waals surface area contributed by atoms with Crippen molar-refractivity contribution in [2.75, 3.05) is 7.11 Å². The summed E-state index contributed by atoms with van der Waals surface area (Å²) < 4.78 is 11.8. The van der Waals surface area contributed by atoms with Gasteiger partial charge in [-0.05, 0) is 50.1 Å². The first-order chi connectivity index (χ1) is 15.9. The van der Waals surface area contributed by atoms with Crippen LogP contribution in [-0.4, -0.2) is 28.0 Å². The van der Waals surface area contributed by atoms with E-state index in [-0.39, 0.29) is 11.4 Å². The lowest BCUT2D eigenvalue weighted by molar-refractivity contribution is -0.125. The first-order valence-electron chi connectivity index (χ1n) is 10.8. The van der Waals surface area contributed by atoms with Crippen molar-refractivity contribution in [2.45, 2.75) is 39.8 Å². The zero-order valence-electron chi connectivity index (χ0n) is 19.1. The van der Waals surface area contributed by atoms with Crippen molar-refractivity contribution in [3.8, 4) is 17.0 Å². The van der Waals surface area contributed by atoms with E-state index in [1.807, 2.05) is 62.4 Å². The van der Waals surface area contributed by atoms with Crippen LogP contribution in [0, 0.1) is 13.8 Å². The monoisotopic (exact) mass is 446 g/mol. The molecule has 0 aliphatic carbocycles. The number of benzene rings is 2. The molecule has 33 heavy (non-hydrogen) atoms. The minimum Gasteiger partial charge on any atom is -0.497 e. The van der Waals surface area contributed by atoms with Gasteiger partial charge in [0.1, 0.15) is 23.2 Å². The summed E-state index contributed by atoms with van der Waals surface area (Å²) in [6, 6.07) is 14.4. The van der Waals surface area contributed by atoms with Crippen molar-refractivity contribution in [2.24, 2.45) is 0 Å². The molecule has 1 N–H and O–H groups in total. The van der Waals surface area contributed by atoms with Gasteiger partial charge in [0.15, 0.2) is 5.52 Å². The van der Waals surface area contributed by atoms with Crippen LogP contribution >= 0.6 is 0 Å². The fourth-order valence-electron chi connectivity index (χ4n) is 3.75. The second kappa shape index (κ2) is 9.28. The van der Waals surface area contributed by atoms with Crippen molar-refractivity contribution < 1.29 is 14.1 Å². The Balaban J connectivity index is 1.73. The van der Waals surface area contributed by atoms with Crippen LogP contribution < -0.4 is 15.6 Å². The number of nitrogens with zero attached hydrogens (tertiary/aromatic N) is 3. The number of ether oxygens (including phenoxy) is 1. The standard InChI is InChI=1S/C25H26N4O4/c1-5-20(24(30)26-14-17-8-6-15(2)7-9-17)29-25(31)23-21(16(3)33-28-23)22(27-29)18-10-12-19(32-4)13-11-18/h6-13,20H,5,14H2,1-4H3,(H,26,30)/t20-/m1/s1. The lowest BCUT2D eigenvalue weighted by Crippen LogP contribution is -2.38. The van der Waals surface area contributed by atoms with E-state index < -0.39 is 11.6 Å². The molecule has 0 saturated heterocycles. The maximum atomic E-state index is 13.2. The molecule has 0 spiro atoms. The first kappa shape index (κ1) is 22.3. The molecule has 0 bridgehead atoms. The van der Waals surface area contributed by atoms with Crippen molar-refractivity contribution in [1.82, 2.24) is 20.3 Å². The highest BCUT2D eigenvalue weighted by Gasteiger charge is 2.26. The maximum absolute atomic E-state index is 13.2. The Hall–Kier alpha value is -3.94. The summed E-state index contributed by atoms with van der Waals surface area (Å²) in [6.07, 6.45) is 0.386. The Morgan fingerprint density at radius 3 is 2.45 bits per heavy atom. The van der Waals surface area contributed by atoms with Crippen molar-refractivity contribution in [1.29, 1.82) is 0 Å². The molecule has 0 fully saturated rings. The third-order valence-corrected chi connectivity index (χ3v) is 5.65. The molecule has 2 aromatic heterocycles. The molecular formula is C25H26N4O4. The lowest BCUT2D eigenvalue weighted by Gasteiger charge is -2.18. The number of amides is 1. The number of carbonyl (C=O) groups is 1. The Morgan fingerprint density at radius 2 is 1.82 bits per heavy atom. The average molecular weight is 447 g/mol. The van der Waals surface area contributed by atoms with E-state index in [9.17, 15) is 9.59 Å². The average Bonchev–Trinajstić information content (AvgIpc) is 3.22. The topological polar surface area (TPSA) is 99.2 Å². The van der Waals surface area contributed by atoms with Crippen molar-refractivity contribution >= 4 is 16.8 Å². The largest absolute Gasteiger partial charge is 0.497 e. The molecule has 4 aromatic rings. The number of hydrogen-bond donors (Lipinski definition) is 1. The predicted molar refractivity (Wildman–Crippen MR) is 125 cm³/mol. The number of fused-ring (bicyclic) bond motifs is 1. The van der Waals surface area contributed by atoms with Crippen LogP contribution in [0.2, 0.25) is 0 Å².